The van der Waals surface area contributed by atoms with E-state index >= 15 is 0 Å². The number of hydrogen-bond donors (Lipinski definition) is 3. The SMILES string of the molecule is O=C(O)CCCCCCC(=O)NC(CS)Cc1ccccc1. The summed E-state index contributed by atoms with van der Waals surface area (Å²) in [6.07, 6.45) is 4.73. The van der Waals surface area contributed by atoms with Gasteiger partial charge in [-0.2, -0.15) is 12.6 Å². The summed E-state index contributed by atoms with van der Waals surface area (Å²) in [5.74, 6) is -0.0947. The van der Waals surface area contributed by atoms with Crippen molar-refractivity contribution >= 4 is 24.5 Å². The van der Waals surface area contributed by atoms with Crippen molar-refractivity contribution in [2.75, 3.05) is 5.75 Å². The summed E-state index contributed by atoms with van der Waals surface area (Å²) in [4.78, 5) is 22.3. The Hall–Kier alpha value is -1.49. The zero-order valence-corrected chi connectivity index (χ0v) is 13.7. The quantitative estimate of drug-likeness (QED) is 0.433. The van der Waals surface area contributed by atoms with Crippen molar-refractivity contribution < 1.29 is 14.7 Å². The smallest absolute Gasteiger partial charge is 0.303 e. The van der Waals surface area contributed by atoms with Crippen LogP contribution >= 0.6 is 12.6 Å². The largest absolute Gasteiger partial charge is 0.481 e. The van der Waals surface area contributed by atoms with Gasteiger partial charge in [-0.1, -0.05) is 43.2 Å². The zero-order valence-electron chi connectivity index (χ0n) is 12.8. The fourth-order valence-electron chi connectivity index (χ4n) is 2.28. The second kappa shape index (κ2) is 11.1. The first-order chi connectivity index (χ1) is 10.6. The number of unbranched alkanes of at least 4 members (excludes halogenated alkanes) is 3. The van der Waals surface area contributed by atoms with Gasteiger partial charge in [0.2, 0.25) is 5.91 Å². The Labute approximate surface area is 137 Å². The molecule has 0 aliphatic rings. The molecule has 1 rings (SSSR count). The zero-order chi connectivity index (χ0) is 16.2. The highest BCUT2D eigenvalue weighted by atomic mass is 32.1. The monoisotopic (exact) mass is 323 g/mol. The molecule has 4 nitrogen and oxygen atoms in total. The molecule has 0 saturated heterocycles. The van der Waals surface area contributed by atoms with E-state index in [-0.39, 0.29) is 18.4 Å². The van der Waals surface area contributed by atoms with Crippen LogP contribution in [0.25, 0.3) is 0 Å². The Morgan fingerprint density at radius 3 is 2.27 bits per heavy atom. The molecule has 1 atom stereocenters. The first-order valence-electron chi connectivity index (χ1n) is 7.77. The topological polar surface area (TPSA) is 66.4 Å². The van der Waals surface area contributed by atoms with Gasteiger partial charge >= 0.3 is 5.97 Å². The molecule has 22 heavy (non-hydrogen) atoms. The summed E-state index contributed by atoms with van der Waals surface area (Å²) in [6, 6.07) is 10.1. The number of hydrogen-bond acceptors (Lipinski definition) is 3. The van der Waals surface area contributed by atoms with Crippen LogP contribution in [0.1, 0.15) is 44.1 Å². The fourth-order valence-corrected chi connectivity index (χ4v) is 2.50. The van der Waals surface area contributed by atoms with E-state index in [0.29, 0.717) is 18.6 Å². The molecule has 1 aromatic rings. The van der Waals surface area contributed by atoms with Gasteiger partial charge in [-0.3, -0.25) is 9.59 Å². The normalized spacial score (nSPS) is 11.9. The first-order valence-corrected chi connectivity index (χ1v) is 8.41. The van der Waals surface area contributed by atoms with Gasteiger partial charge in [-0.05, 0) is 24.8 Å². The number of carbonyl (C=O) groups is 2. The molecule has 0 heterocycles. The third-order valence-electron chi connectivity index (χ3n) is 3.45. The Kier molecular flexibility index (Phi) is 9.39. The van der Waals surface area contributed by atoms with Gasteiger partial charge in [-0.25, -0.2) is 0 Å². The Balaban J connectivity index is 2.18. The molecule has 0 spiro atoms. The predicted molar refractivity (Wildman–Crippen MR) is 91.3 cm³/mol. The number of amides is 1. The van der Waals surface area contributed by atoms with Crippen molar-refractivity contribution in [2.45, 2.75) is 51.0 Å². The minimum atomic E-state index is -0.754. The van der Waals surface area contributed by atoms with Crippen molar-refractivity contribution in [1.29, 1.82) is 0 Å². The highest BCUT2D eigenvalue weighted by Crippen LogP contribution is 2.07. The predicted octanol–water partition coefficient (Wildman–Crippen LogP) is 3.07. The van der Waals surface area contributed by atoms with E-state index < -0.39 is 5.97 Å². The van der Waals surface area contributed by atoms with E-state index in [1.165, 1.54) is 5.56 Å². The molecule has 0 aromatic heterocycles. The van der Waals surface area contributed by atoms with E-state index in [0.717, 1.165) is 25.7 Å². The van der Waals surface area contributed by atoms with Gasteiger partial charge < -0.3 is 10.4 Å². The first kappa shape index (κ1) is 18.6. The molecule has 0 aliphatic heterocycles. The average Bonchev–Trinajstić information content (AvgIpc) is 2.50. The number of carbonyl (C=O) groups excluding carboxylic acids is 1. The van der Waals surface area contributed by atoms with Gasteiger partial charge in [0, 0.05) is 24.6 Å². The third-order valence-corrected chi connectivity index (χ3v) is 3.90. The van der Waals surface area contributed by atoms with E-state index in [1.54, 1.807) is 0 Å². The second-order valence-corrected chi connectivity index (χ2v) is 5.81. The molecular formula is C17H25NO3S. The lowest BCUT2D eigenvalue weighted by Crippen LogP contribution is -2.37. The maximum absolute atomic E-state index is 11.9. The summed E-state index contributed by atoms with van der Waals surface area (Å²) in [5.41, 5.74) is 1.19. The summed E-state index contributed by atoms with van der Waals surface area (Å²) in [5, 5.41) is 11.5. The van der Waals surface area contributed by atoms with Crippen molar-refractivity contribution in [3.8, 4) is 0 Å². The fraction of sp³-hybridized carbons (Fsp3) is 0.529. The van der Waals surface area contributed by atoms with Crippen LogP contribution in [-0.2, 0) is 16.0 Å². The number of carboxylic acid groups (broad SMARTS) is 1. The molecule has 5 heteroatoms. The van der Waals surface area contributed by atoms with Crippen LogP contribution < -0.4 is 5.32 Å². The van der Waals surface area contributed by atoms with Crippen molar-refractivity contribution in [2.24, 2.45) is 0 Å². The number of aliphatic carboxylic acids is 1. The number of carboxylic acids is 1. The summed E-state index contributed by atoms with van der Waals surface area (Å²) < 4.78 is 0. The Bertz CT molecular complexity index is 450. The van der Waals surface area contributed by atoms with Gasteiger partial charge in [0.15, 0.2) is 0 Å². The highest BCUT2D eigenvalue weighted by Gasteiger charge is 2.11. The summed E-state index contributed by atoms with van der Waals surface area (Å²) in [6.45, 7) is 0. The van der Waals surface area contributed by atoms with Crippen LogP contribution in [0.2, 0.25) is 0 Å². The van der Waals surface area contributed by atoms with Crippen LogP contribution in [-0.4, -0.2) is 28.8 Å². The molecule has 2 N–H and O–H groups in total. The van der Waals surface area contributed by atoms with E-state index in [4.69, 9.17) is 5.11 Å². The minimum Gasteiger partial charge on any atom is -0.481 e. The Morgan fingerprint density at radius 1 is 1.05 bits per heavy atom. The highest BCUT2D eigenvalue weighted by molar-refractivity contribution is 7.80. The lowest BCUT2D eigenvalue weighted by atomic mass is 10.1. The molecule has 122 valence electrons. The molecule has 0 saturated carbocycles. The lowest BCUT2D eigenvalue weighted by Gasteiger charge is -2.16. The molecule has 0 radical (unpaired) electrons. The van der Waals surface area contributed by atoms with E-state index in [9.17, 15) is 9.59 Å². The van der Waals surface area contributed by atoms with Gasteiger partial charge in [0.1, 0.15) is 0 Å². The standard InChI is InChI=1S/C17H25NO3S/c19-16(10-6-1-2-7-11-17(20)21)18-15(13-22)12-14-8-4-3-5-9-14/h3-5,8-9,15,22H,1-2,6-7,10-13H2,(H,18,19)(H,20,21). The van der Waals surface area contributed by atoms with Crippen molar-refractivity contribution in [3.63, 3.8) is 0 Å². The third kappa shape index (κ3) is 8.72. The number of benzene rings is 1. The van der Waals surface area contributed by atoms with Gasteiger partial charge in [0.25, 0.3) is 0 Å². The lowest BCUT2D eigenvalue weighted by molar-refractivity contribution is -0.137. The summed E-state index contributed by atoms with van der Waals surface area (Å²) in [7, 11) is 0. The Morgan fingerprint density at radius 2 is 1.68 bits per heavy atom. The van der Waals surface area contributed by atoms with Crippen LogP contribution in [0.15, 0.2) is 30.3 Å². The molecule has 0 fully saturated rings. The molecule has 1 amide bonds. The maximum atomic E-state index is 11.9. The number of rotatable bonds is 11. The summed E-state index contributed by atoms with van der Waals surface area (Å²) >= 11 is 4.31. The van der Waals surface area contributed by atoms with Gasteiger partial charge in [0.05, 0.1) is 0 Å². The van der Waals surface area contributed by atoms with Gasteiger partial charge in [-0.15, -0.1) is 0 Å². The second-order valence-electron chi connectivity index (χ2n) is 5.44. The molecule has 0 aliphatic carbocycles. The van der Waals surface area contributed by atoms with Crippen LogP contribution in [0, 0.1) is 0 Å². The van der Waals surface area contributed by atoms with Crippen molar-refractivity contribution in [3.05, 3.63) is 35.9 Å². The molecule has 1 unspecified atom stereocenters. The molecule has 1 aromatic carbocycles. The average molecular weight is 323 g/mol. The van der Waals surface area contributed by atoms with Crippen LogP contribution in [0.3, 0.4) is 0 Å². The number of nitrogens with one attached hydrogen (secondary N) is 1. The van der Waals surface area contributed by atoms with Crippen LogP contribution in [0.4, 0.5) is 0 Å². The maximum Gasteiger partial charge on any atom is 0.303 e. The molecule has 0 bridgehead atoms. The number of thiol groups is 1. The minimum absolute atomic E-state index is 0.0465. The van der Waals surface area contributed by atoms with Crippen molar-refractivity contribution in [1.82, 2.24) is 5.32 Å². The van der Waals surface area contributed by atoms with Crippen LogP contribution in [0.5, 0.6) is 0 Å². The van der Waals surface area contributed by atoms with E-state index in [1.807, 2.05) is 30.3 Å². The van der Waals surface area contributed by atoms with E-state index in [2.05, 4.69) is 17.9 Å². The molecular weight excluding hydrogens is 298 g/mol.